The van der Waals surface area contributed by atoms with E-state index in [9.17, 15) is 0 Å². The molecule has 0 unspecified atom stereocenters. The Labute approximate surface area is 123 Å². The van der Waals surface area contributed by atoms with Crippen LogP contribution in [0.2, 0.25) is 0 Å². The smallest absolute Gasteiger partial charge is 0.122 e. The lowest BCUT2D eigenvalue weighted by atomic mass is 9.86. The molecule has 2 N–H and O–H groups in total. The van der Waals surface area contributed by atoms with Crippen molar-refractivity contribution in [3.63, 3.8) is 0 Å². The monoisotopic (exact) mass is 276 g/mol. The number of rotatable bonds is 7. The van der Waals surface area contributed by atoms with Gasteiger partial charge in [-0.25, -0.2) is 0 Å². The van der Waals surface area contributed by atoms with E-state index in [1.807, 2.05) is 0 Å². The molecule has 0 saturated heterocycles. The molecule has 0 fully saturated rings. The zero-order chi connectivity index (χ0) is 14.4. The van der Waals surface area contributed by atoms with Gasteiger partial charge in [0.2, 0.25) is 0 Å². The van der Waals surface area contributed by atoms with E-state index in [1.54, 1.807) is 7.11 Å². The molecule has 0 radical (unpaired) electrons. The van der Waals surface area contributed by atoms with Crippen molar-refractivity contribution in [2.75, 3.05) is 26.7 Å². The summed E-state index contributed by atoms with van der Waals surface area (Å²) in [6, 6.07) is 7.12. The Morgan fingerprint density at radius 1 is 1.35 bits per heavy atom. The summed E-state index contributed by atoms with van der Waals surface area (Å²) in [7, 11) is 1.77. The summed E-state index contributed by atoms with van der Waals surface area (Å²) < 4.78 is 5.49. The Kier molecular flexibility index (Phi) is 5.86. The van der Waals surface area contributed by atoms with E-state index in [0.29, 0.717) is 6.04 Å². The van der Waals surface area contributed by atoms with Gasteiger partial charge in [0.25, 0.3) is 0 Å². The van der Waals surface area contributed by atoms with Crippen LogP contribution in [0.25, 0.3) is 0 Å². The van der Waals surface area contributed by atoms with Gasteiger partial charge in [0.1, 0.15) is 5.75 Å². The molecule has 1 aromatic rings. The number of hydrogen-bond acceptors (Lipinski definition) is 3. The van der Waals surface area contributed by atoms with E-state index < -0.39 is 0 Å². The lowest BCUT2D eigenvalue weighted by Crippen LogP contribution is -2.41. The second-order valence-electron chi connectivity index (χ2n) is 5.67. The molecule has 0 heterocycles. The lowest BCUT2D eigenvalue weighted by Gasteiger charge is -2.35. The van der Waals surface area contributed by atoms with Gasteiger partial charge in [0, 0.05) is 6.04 Å². The van der Waals surface area contributed by atoms with Crippen molar-refractivity contribution in [3.05, 3.63) is 29.3 Å². The minimum Gasteiger partial charge on any atom is -0.496 e. The van der Waals surface area contributed by atoms with Gasteiger partial charge in [-0.2, -0.15) is 0 Å². The van der Waals surface area contributed by atoms with Crippen LogP contribution in [0.3, 0.4) is 0 Å². The first-order chi connectivity index (χ1) is 9.80. The predicted molar refractivity (Wildman–Crippen MR) is 84.3 cm³/mol. The van der Waals surface area contributed by atoms with Crippen molar-refractivity contribution >= 4 is 0 Å². The summed E-state index contributed by atoms with van der Waals surface area (Å²) >= 11 is 0. The zero-order valence-corrected chi connectivity index (χ0v) is 12.9. The van der Waals surface area contributed by atoms with Gasteiger partial charge < -0.3 is 15.4 Å². The van der Waals surface area contributed by atoms with Crippen molar-refractivity contribution < 1.29 is 4.74 Å². The number of ether oxygens (including phenoxy) is 1. The molecule has 0 aliphatic heterocycles. The molecule has 3 nitrogen and oxygen atoms in total. The molecule has 2 rings (SSSR count). The van der Waals surface area contributed by atoms with E-state index in [0.717, 1.165) is 38.1 Å². The first-order valence-corrected chi connectivity index (χ1v) is 7.89. The Balaban J connectivity index is 2.08. The molecule has 0 saturated carbocycles. The Morgan fingerprint density at radius 3 is 2.90 bits per heavy atom. The van der Waals surface area contributed by atoms with Crippen LogP contribution in [0, 0.1) is 0 Å². The quantitative estimate of drug-likeness (QED) is 0.832. The highest BCUT2D eigenvalue weighted by Crippen LogP contribution is 2.31. The van der Waals surface area contributed by atoms with Crippen LogP contribution in [0.4, 0.5) is 0 Å². The van der Waals surface area contributed by atoms with Crippen LogP contribution >= 0.6 is 0 Å². The van der Waals surface area contributed by atoms with Gasteiger partial charge in [-0.15, -0.1) is 0 Å². The van der Waals surface area contributed by atoms with Gasteiger partial charge in [-0.3, -0.25) is 0 Å². The first kappa shape index (κ1) is 15.3. The molecule has 0 aromatic heterocycles. The van der Waals surface area contributed by atoms with Crippen LogP contribution in [0.5, 0.6) is 5.75 Å². The number of benzene rings is 1. The molecule has 0 spiro atoms. The zero-order valence-electron chi connectivity index (χ0n) is 12.9. The second kappa shape index (κ2) is 7.65. The lowest BCUT2D eigenvalue weighted by molar-refractivity contribution is 0.178. The fourth-order valence-electron chi connectivity index (χ4n) is 3.31. The van der Waals surface area contributed by atoms with Crippen molar-refractivity contribution in [2.45, 2.75) is 45.1 Å². The minimum absolute atomic E-state index is 0.668. The first-order valence-electron chi connectivity index (χ1n) is 7.89. The average Bonchev–Trinajstić information content (AvgIpc) is 2.50. The number of nitrogens with zero attached hydrogens (tertiary/aromatic N) is 1. The number of nitrogens with two attached hydrogens (primary N) is 1. The standard InChI is InChI=1S/C17H28N2O/c1-3-11-19(12-5-10-18)15-8-9-16-14(13-15)6-4-7-17(16)20-2/h4,6-7,15H,3,5,8-13,18H2,1-2H3/t15-/m0/s1. The summed E-state index contributed by atoms with van der Waals surface area (Å²) in [5.74, 6) is 1.06. The molecule has 0 bridgehead atoms. The van der Waals surface area contributed by atoms with Crippen LogP contribution in [-0.4, -0.2) is 37.7 Å². The van der Waals surface area contributed by atoms with Crippen molar-refractivity contribution in [3.8, 4) is 5.75 Å². The molecule has 3 heteroatoms. The molecule has 1 aromatic carbocycles. The Morgan fingerprint density at radius 2 is 2.20 bits per heavy atom. The van der Waals surface area contributed by atoms with E-state index in [1.165, 1.54) is 30.5 Å². The van der Waals surface area contributed by atoms with Crippen LogP contribution < -0.4 is 10.5 Å². The van der Waals surface area contributed by atoms with Gasteiger partial charge in [-0.1, -0.05) is 19.1 Å². The molecule has 0 amide bonds. The second-order valence-corrected chi connectivity index (χ2v) is 5.67. The fourth-order valence-corrected chi connectivity index (χ4v) is 3.31. The maximum absolute atomic E-state index is 5.67. The van der Waals surface area contributed by atoms with Crippen LogP contribution in [-0.2, 0) is 12.8 Å². The van der Waals surface area contributed by atoms with Gasteiger partial charge >= 0.3 is 0 Å². The van der Waals surface area contributed by atoms with Crippen LogP contribution in [0.1, 0.15) is 37.3 Å². The van der Waals surface area contributed by atoms with E-state index in [-0.39, 0.29) is 0 Å². The van der Waals surface area contributed by atoms with E-state index in [4.69, 9.17) is 10.5 Å². The third kappa shape index (κ3) is 3.53. The topological polar surface area (TPSA) is 38.5 Å². The highest BCUT2D eigenvalue weighted by Gasteiger charge is 2.25. The van der Waals surface area contributed by atoms with E-state index in [2.05, 4.69) is 30.0 Å². The maximum Gasteiger partial charge on any atom is 0.122 e. The predicted octanol–water partition coefficient (Wildman–Crippen LogP) is 2.61. The largest absolute Gasteiger partial charge is 0.496 e. The SMILES string of the molecule is CCCN(CCCN)[C@H]1CCc2c(cccc2OC)C1. The Bertz CT molecular complexity index is 419. The van der Waals surface area contributed by atoms with Gasteiger partial charge in [-0.05, 0) is 68.9 Å². The van der Waals surface area contributed by atoms with Gasteiger partial charge in [0.15, 0.2) is 0 Å². The summed E-state index contributed by atoms with van der Waals surface area (Å²) in [5, 5.41) is 0. The molecule has 20 heavy (non-hydrogen) atoms. The highest BCUT2D eigenvalue weighted by atomic mass is 16.5. The summed E-state index contributed by atoms with van der Waals surface area (Å²) in [4.78, 5) is 2.63. The van der Waals surface area contributed by atoms with E-state index >= 15 is 0 Å². The van der Waals surface area contributed by atoms with Crippen molar-refractivity contribution in [1.82, 2.24) is 4.90 Å². The van der Waals surface area contributed by atoms with Gasteiger partial charge in [0.05, 0.1) is 7.11 Å². The summed E-state index contributed by atoms with van der Waals surface area (Å²) in [5.41, 5.74) is 8.56. The molecule has 1 aliphatic carbocycles. The normalized spacial score (nSPS) is 18.1. The summed E-state index contributed by atoms with van der Waals surface area (Å²) in [6.45, 7) is 5.37. The minimum atomic E-state index is 0.668. The van der Waals surface area contributed by atoms with Crippen molar-refractivity contribution in [1.29, 1.82) is 0 Å². The molecule has 1 aliphatic rings. The molecular formula is C17H28N2O. The van der Waals surface area contributed by atoms with Crippen LogP contribution in [0.15, 0.2) is 18.2 Å². The number of fused-ring (bicyclic) bond motifs is 1. The highest BCUT2D eigenvalue weighted by molar-refractivity contribution is 5.42. The fraction of sp³-hybridized carbons (Fsp3) is 0.647. The maximum atomic E-state index is 5.67. The number of methoxy groups -OCH3 is 1. The molecular weight excluding hydrogens is 248 g/mol. The third-order valence-corrected chi connectivity index (χ3v) is 4.31. The number of hydrogen-bond donors (Lipinski definition) is 1. The van der Waals surface area contributed by atoms with Crippen molar-refractivity contribution in [2.24, 2.45) is 5.73 Å². The Hall–Kier alpha value is -1.06. The molecule has 112 valence electrons. The summed E-state index contributed by atoms with van der Waals surface area (Å²) in [6.07, 6.45) is 5.83. The average molecular weight is 276 g/mol. The third-order valence-electron chi connectivity index (χ3n) is 4.31. The molecule has 1 atom stereocenters.